The van der Waals surface area contributed by atoms with Crippen molar-refractivity contribution in [2.75, 3.05) is 9.80 Å². The van der Waals surface area contributed by atoms with Crippen LogP contribution in [-0.4, -0.2) is 6.71 Å². The van der Waals surface area contributed by atoms with Crippen LogP contribution < -0.4 is 26.2 Å². The molecule has 0 spiro atoms. The normalized spacial score (nSPS) is 13.1. The lowest BCUT2D eigenvalue weighted by Gasteiger charge is -2.40. The zero-order chi connectivity index (χ0) is 38.8. The second-order valence-electron chi connectivity index (χ2n) is 16.1. The van der Waals surface area contributed by atoms with Crippen molar-refractivity contribution in [3.05, 3.63) is 223 Å². The first kappa shape index (κ1) is 34.2. The first-order chi connectivity index (χ1) is 28.6. The van der Waals surface area contributed by atoms with Crippen molar-refractivity contribution < 1.29 is 0 Å². The molecule has 10 aromatic carbocycles. The van der Waals surface area contributed by atoms with E-state index >= 15 is 0 Å². The topological polar surface area (TPSA) is 6.48 Å². The molecule has 11 rings (SSSR count). The van der Waals surface area contributed by atoms with E-state index < -0.39 is 0 Å². The van der Waals surface area contributed by atoms with Gasteiger partial charge < -0.3 is 9.80 Å². The summed E-state index contributed by atoms with van der Waals surface area (Å²) in [7, 11) is 0. The molecule has 1 heterocycles. The molecule has 10 aromatic rings. The fraction of sp³-hybridized carbons (Fsp3) is 0.0545. The predicted octanol–water partition coefficient (Wildman–Crippen LogP) is 12.7. The summed E-state index contributed by atoms with van der Waals surface area (Å²) in [4.78, 5) is 4.87. The van der Waals surface area contributed by atoms with Gasteiger partial charge in [-0.25, -0.2) is 0 Å². The third-order valence-corrected chi connectivity index (χ3v) is 12.4. The summed E-state index contributed by atoms with van der Waals surface area (Å²) in [6, 6.07) is 78.0. The SMILES string of the molecule is CC1(C)c2ccccc2B(c2ccccc2)c2cc3ccc4c(N(c5ccccc5)c5ccccc5)cc(N(c5ccccc5)c5ccccc5)c5ccc(c21)c3c45. The lowest BCUT2D eigenvalue weighted by molar-refractivity contribution is 0.652. The van der Waals surface area contributed by atoms with Crippen LogP contribution in [-0.2, 0) is 5.41 Å². The van der Waals surface area contributed by atoms with Gasteiger partial charge in [-0.3, -0.25) is 0 Å². The van der Waals surface area contributed by atoms with E-state index in [4.69, 9.17) is 0 Å². The molecule has 0 radical (unpaired) electrons. The van der Waals surface area contributed by atoms with Crippen LogP contribution in [0.2, 0.25) is 0 Å². The Labute approximate surface area is 340 Å². The minimum atomic E-state index is -0.231. The van der Waals surface area contributed by atoms with Crippen LogP contribution in [0.4, 0.5) is 34.1 Å². The van der Waals surface area contributed by atoms with Gasteiger partial charge in [0.2, 0.25) is 6.71 Å². The molecule has 0 fully saturated rings. The standard InChI is InChI=1S/C55H41BN2/c1-55(2)47-30-18-19-31-48(47)56(39-20-8-3-9-21-39)49-36-38-32-33-44-50(57(40-22-10-4-11-23-40)41-24-12-5-13-25-41)37-51(45-34-35-46(54(49)55)52(38)53(44)45)58(42-26-14-6-15-27-42)43-28-16-7-17-29-43/h3-37H,1-2H3. The average molecular weight is 741 g/mol. The lowest BCUT2D eigenvalue weighted by atomic mass is 9.31. The summed E-state index contributed by atoms with van der Waals surface area (Å²) < 4.78 is 0. The Balaban J connectivity index is 1.30. The van der Waals surface area contributed by atoms with Gasteiger partial charge in [0.05, 0.1) is 11.4 Å². The van der Waals surface area contributed by atoms with Crippen LogP contribution in [0.25, 0.3) is 32.3 Å². The maximum Gasteiger partial charge on any atom is 0.242 e. The van der Waals surface area contributed by atoms with E-state index in [0.29, 0.717) is 0 Å². The highest BCUT2D eigenvalue weighted by Crippen LogP contribution is 2.51. The Bertz CT molecular complexity index is 2890. The van der Waals surface area contributed by atoms with Crippen LogP contribution >= 0.6 is 0 Å². The number of fused-ring (bicyclic) bond motifs is 3. The van der Waals surface area contributed by atoms with Crippen LogP contribution in [0, 0.1) is 0 Å². The highest BCUT2D eigenvalue weighted by molar-refractivity contribution is 6.96. The monoisotopic (exact) mass is 740 g/mol. The Morgan fingerprint density at radius 1 is 0.379 bits per heavy atom. The summed E-state index contributed by atoms with van der Waals surface area (Å²) in [6.45, 7) is 4.99. The van der Waals surface area contributed by atoms with Crippen molar-refractivity contribution in [2.45, 2.75) is 19.3 Å². The zero-order valence-electron chi connectivity index (χ0n) is 32.7. The van der Waals surface area contributed by atoms with Gasteiger partial charge in [-0.05, 0) is 81.9 Å². The van der Waals surface area contributed by atoms with Crippen molar-refractivity contribution >= 4 is 89.5 Å². The molecule has 0 N–H and O–H groups in total. The maximum absolute atomic E-state index is 2.52. The van der Waals surface area contributed by atoms with Crippen molar-refractivity contribution in [1.82, 2.24) is 0 Å². The van der Waals surface area contributed by atoms with E-state index in [1.54, 1.807) is 0 Å². The number of hydrogen-bond acceptors (Lipinski definition) is 2. The molecule has 0 unspecified atom stereocenters. The van der Waals surface area contributed by atoms with Crippen molar-refractivity contribution in [1.29, 1.82) is 0 Å². The molecule has 2 nitrogen and oxygen atoms in total. The zero-order valence-corrected chi connectivity index (χ0v) is 32.7. The Hall–Kier alpha value is -7.10. The van der Waals surface area contributed by atoms with E-state index in [0.717, 1.165) is 34.1 Å². The first-order valence-electron chi connectivity index (χ1n) is 20.3. The molecule has 3 heteroatoms. The lowest BCUT2D eigenvalue weighted by Crippen LogP contribution is -2.60. The van der Waals surface area contributed by atoms with Crippen LogP contribution in [0.5, 0.6) is 0 Å². The fourth-order valence-corrected chi connectivity index (χ4v) is 10.0. The van der Waals surface area contributed by atoms with E-state index in [1.165, 1.54) is 59.8 Å². The molecule has 0 atom stereocenters. The largest absolute Gasteiger partial charge is 0.310 e. The second kappa shape index (κ2) is 13.5. The number of anilines is 6. The van der Waals surface area contributed by atoms with E-state index in [-0.39, 0.29) is 12.1 Å². The van der Waals surface area contributed by atoms with Gasteiger partial charge in [0, 0.05) is 44.3 Å². The maximum atomic E-state index is 2.52. The second-order valence-corrected chi connectivity index (χ2v) is 16.1. The number of hydrogen-bond donors (Lipinski definition) is 0. The van der Waals surface area contributed by atoms with Gasteiger partial charge in [-0.2, -0.15) is 0 Å². The third-order valence-electron chi connectivity index (χ3n) is 12.4. The van der Waals surface area contributed by atoms with Gasteiger partial charge in [0.15, 0.2) is 0 Å². The molecule has 1 aliphatic heterocycles. The Morgan fingerprint density at radius 2 is 0.810 bits per heavy atom. The molecule has 0 bridgehead atoms. The van der Waals surface area contributed by atoms with Crippen LogP contribution in [0.1, 0.15) is 25.0 Å². The van der Waals surface area contributed by atoms with Gasteiger partial charge in [-0.1, -0.05) is 188 Å². The van der Waals surface area contributed by atoms with Crippen LogP contribution in [0.15, 0.2) is 212 Å². The van der Waals surface area contributed by atoms with E-state index in [9.17, 15) is 0 Å². The van der Waals surface area contributed by atoms with Gasteiger partial charge >= 0.3 is 0 Å². The molecule has 1 aliphatic rings. The summed E-state index contributed by atoms with van der Waals surface area (Å²) >= 11 is 0. The Morgan fingerprint density at radius 3 is 1.33 bits per heavy atom. The molecule has 0 aliphatic carbocycles. The summed E-state index contributed by atoms with van der Waals surface area (Å²) in [6.07, 6.45) is 0. The molecule has 0 amide bonds. The third kappa shape index (κ3) is 5.27. The molecule has 0 saturated heterocycles. The summed E-state index contributed by atoms with van der Waals surface area (Å²) in [5, 5.41) is 7.63. The van der Waals surface area contributed by atoms with Gasteiger partial charge in [-0.15, -0.1) is 0 Å². The smallest absolute Gasteiger partial charge is 0.242 e. The molecular formula is C55H41BN2. The van der Waals surface area contributed by atoms with E-state index in [2.05, 4.69) is 236 Å². The first-order valence-corrected chi connectivity index (χ1v) is 20.3. The number of rotatable bonds is 7. The quantitative estimate of drug-likeness (QED) is 0.119. The highest BCUT2D eigenvalue weighted by Gasteiger charge is 2.41. The summed E-state index contributed by atoms with van der Waals surface area (Å²) in [5.74, 6) is 0. The predicted molar refractivity (Wildman–Crippen MR) is 249 cm³/mol. The average Bonchev–Trinajstić information content (AvgIpc) is 3.28. The molecule has 0 saturated carbocycles. The molecular weight excluding hydrogens is 699 g/mol. The minimum Gasteiger partial charge on any atom is -0.310 e. The van der Waals surface area contributed by atoms with E-state index in [1.807, 2.05) is 0 Å². The minimum absolute atomic E-state index is 0.131. The molecule has 0 aromatic heterocycles. The summed E-state index contributed by atoms with van der Waals surface area (Å²) in [5.41, 5.74) is 13.4. The molecule has 58 heavy (non-hydrogen) atoms. The van der Waals surface area contributed by atoms with Crippen molar-refractivity contribution in [3.8, 4) is 0 Å². The number of para-hydroxylation sites is 4. The van der Waals surface area contributed by atoms with Crippen molar-refractivity contribution in [2.24, 2.45) is 0 Å². The van der Waals surface area contributed by atoms with Crippen molar-refractivity contribution in [3.63, 3.8) is 0 Å². The van der Waals surface area contributed by atoms with Gasteiger partial charge in [0.25, 0.3) is 0 Å². The molecule has 274 valence electrons. The van der Waals surface area contributed by atoms with Gasteiger partial charge in [0.1, 0.15) is 0 Å². The fourth-order valence-electron chi connectivity index (χ4n) is 10.0. The van der Waals surface area contributed by atoms with Crippen LogP contribution in [0.3, 0.4) is 0 Å². The highest BCUT2D eigenvalue weighted by atomic mass is 15.2. The number of nitrogens with zero attached hydrogens (tertiary/aromatic N) is 2. The number of benzene rings is 10. The Kier molecular flexibility index (Phi) is 7.98.